The van der Waals surface area contributed by atoms with E-state index in [0.29, 0.717) is 12.0 Å². The summed E-state index contributed by atoms with van der Waals surface area (Å²) in [5.74, 6) is 1.86. The molecule has 0 spiro atoms. The molecule has 1 fully saturated rings. The van der Waals surface area contributed by atoms with E-state index in [2.05, 4.69) is 4.90 Å². The molecule has 20 heavy (non-hydrogen) atoms. The van der Waals surface area contributed by atoms with Gasteiger partial charge in [0.25, 0.3) is 0 Å². The molecule has 1 aromatic carbocycles. The molecule has 6 heteroatoms. The highest BCUT2D eigenvalue weighted by atomic mass is 32.2. The largest absolute Gasteiger partial charge is 0.419 e. The van der Waals surface area contributed by atoms with Crippen molar-refractivity contribution in [1.29, 1.82) is 0 Å². The molecule has 1 saturated heterocycles. The van der Waals surface area contributed by atoms with Gasteiger partial charge in [0.05, 0.1) is 11.6 Å². The molecule has 1 N–H and O–H groups in total. The average molecular weight is 294 g/mol. The number of nitrogens with zero attached hydrogens (tertiary/aromatic N) is 2. The van der Waals surface area contributed by atoms with Crippen LogP contribution in [0.1, 0.15) is 18.1 Å². The number of benzene rings is 1. The fraction of sp³-hybridized carbons (Fsp3) is 0.500. The van der Waals surface area contributed by atoms with Gasteiger partial charge in [0.2, 0.25) is 0 Å². The van der Waals surface area contributed by atoms with Gasteiger partial charge in [0.15, 0.2) is 5.58 Å². The second-order valence-corrected chi connectivity index (χ2v) is 6.19. The number of thioether (sulfide) groups is 1. The van der Waals surface area contributed by atoms with Crippen LogP contribution in [-0.2, 0) is 7.05 Å². The van der Waals surface area contributed by atoms with Crippen molar-refractivity contribution in [1.82, 2.24) is 9.47 Å². The second-order valence-electron chi connectivity index (χ2n) is 5.11. The van der Waals surface area contributed by atoms with Crippen molar-refractivity contribution in [3.05, 3.63) is 34.3 Å². The Hall–Kier alpha value is -1.24. The summed E-state index contributed by atoms with van der Waals surface area (Å²) in [4.78, 5) is 13.8. The molecule has 0 saturated carbocycles. The predicted molar refractivity (Wildman–Crippen MR) is 79.9 cm³/mol. The maximum Gasteiger partial charge on any atom is 0.419 e. The molecule has 1 aliphatic heterocycles. The average Bonchev–Trinajstić information content (AvgIpc) is 3.05. The molecule has 1 aliphatic rings. The number of aliphatic hydroxyl groups is 1. The quantitative estimate of drug-likeness (QED) is 0.927. The molecule has 1 unspecified atom stereocenters. The Balaban J connectivity index is 1.73. The zero-order valence-electron chi connectivity index (χ0n) is 11.4. The van der Waals surface area contributed by atoms with Gasteiger partial charge < -0.3 is 9.52 Å². The van der Waals surface area contributed by atoms with Crippen LogP contribution in [0.3, 0.4) is 0 Å². The third-order valence-corrected chi connectivity index (χ3v) is 4.76. The third-order valence-electron chi connectivity index (χ3n) is 3.75. The molecule has 0 amide bonds. The molecule has 1 atom stereocenters. The van der Waals surface area contributed by atoms with Crippen LogP contribution >= 0.6 is 11.8 Å². The van der Waals surface area contributed by atoms with Crippen LogP contribution < -0.4 is 5.76 Å². The van der Waals surface area contributed by atoms with Crippen molar-refractivity contribution in [2.75, 3.05) is 24.7 Å². The van der Waals surface area contributed by atoms with Gasteiger partial charge in [-0.05, 0) is 24.1 Å². The fourth-order valence-electron chi connectivity index (χ4n) is 2.46. The summed E-state index contributed by atoms with van der Waals surface area (Å²) in [6, 6.07) is 5.45. The summed E-state index contributed by atoms with van der Waals surface area (Å²) >= 11 is 1.93. The number of aryl methyl sites for hydroxylation is 1. The molecular formula is C14H18N2O3S. The predicted octanol–water partition coefficient (Wildman–Crippen LogP) is 1.56. The Kier molecular flexibility index (Phi) is 3.87. The van der Waals surface area contributed by atoms with Crippen LogP contribution in [0.15, 0.2) is 27.4 Å². The molecule has 108 valence electrons. The van der Waals surface area contributed by atoms with E-state index in [9.17, 15) is 9.90 Å². The summed E-state index contributed by atoms with van der Waals surface area (Å²) in [5.41, 5.74) is 2.09. The molecule has 5 nitrogen and oxygen atoms in total. The normalized spacial score (nSPS) is 17.9. The van der Waals surface area contributed by atoms with Crippen LogP contribution in [0.2, 0.25) is 0 Å². The van der Waals surface area contributed by atoms with E-state index in [0.717, 1.165) is 30.0 Å². The van der Waals surface area contributed by atoms with Crippen LogP contribution in [0.25, 0.3) is 11.1 Å². The molecule has 0 aliphatic carbocycles. The number of hydrogen-bond donors (Lipinski definition) is 1. The fourth-order valence-corrected chi connectivity index (χ4v) is 3.49. The Labute approximate surface area is 121 Å². The number of fused-ring (bicyclic) bond motifs is 1. The van der Waals surface area contributed by atoms with E-state index in [1.807, 2.05) is 23.9 Å². The molecular weight excluding hydrogens is 276 g/mol. The first-order chi connectivity index (χ1) is 9.65. The summed E-state index contributed by atoms with van der Waals surface area (Å²) in [6.45, 7) is 1.99. The number of aromatic nitrogens is 1. The van der Waals surface area contributed by atoms with Crippen LogP contribution in [-0.4, -0.2) is 39.3 Å². The highest BCUT2D eigenvalue weighted by molar-refractivity contribution is 7.99. The molecule has 2 heterocycles. The molecule has 0 bridgehead atoms. The van der Waals surface area contributed by atoms with Crippen molar-refractivity contribution in [3.8, 4) is 0 Å². The van der Waals surface area contributed by atoms with E-state index in [1.165, 1.54) is 10.3 Å². The second kappa shape index (κ2) is 5.63. The highest BCUT2D eigenvalue weighted by Gasteiger charge is 2.16. The minimum atomic E-state index is -0.518. The SMILES string of the molecule is Cn1c(=O)oc2cc(C(O)CCN3CCSC3)ccc21. The van der Waals surface area contributed by atoms with Crippen LogP contribution in [0.5, 0.6) is 0 Å². The molecule has 3 rings (SSSR count). The number of hydrogen-bond acceptors (Lipinski definition) is 5. The van der Waals surface area contributed by atoms with Gasteiger partial charge in [-0.15, -0.1) is 11.8 Å². The van der Waals surface area contributed by atoms with Gasteiger partial charge in [0.1, 0.15) is 0 Å². The minimum Gasteiger partial charge on any atom is -0.408 e. The van der Waals surface area contributed by atoms with Crippen molar-refractivity contribution in [2.45, 2.75) is 12.5 Å². The zero-order chi connectivity index (χ0) is 14.1. The van der Waals surface area contributed by atoms with E-state index in [-0.39, 0.29) is 5.76 Å². The smallest absolute Gasteiger partial charge is 0.408 e. The van der Waals surface area contributed by atoms with Gasteiger partial charge in [0, 0.05) is 31.8 Å². The first-order valence-electron chi connectivity index (χ1n) is 6.73. The topological polar surface area (TPSA) is 58.6 Å². The Bertz CT molecular complexity index is 658. The Morgan fingerprint density at radius 1 is 1.50 bits per heavy atom. The lowest BCUT2D eigenvalue weighted by atomic mass is 10.1. The van der Waals surface area contributed by atoms with E-state index < -0.39 is 6.10 Å². The number of aliphatic hydroxyl groups excluding tert-OH is 1. The van der Waals surface area contributed by atoms with E-state index in [4.69, 9.17) is 4.42 Å². The maximum absolute atomic E-state index is 11.4. The highest BCUT2D eigenvalue weighted by Crippen LogP contribution is 2.23. The standard InChI is InChI=1S/C14H18N2O3S/c1-15-11-3-2-10(8-13(11)19-14(15)18)12(17)4-5-16-6-7-20-9-16/h2-3,8,12,17H,4-7,9H2,1H3. The third kappa shape index (κ3) is 2.63. The van der Waals surface area contributed by atoms with Crippen molar-refractivity contribution < 1.29 is 9.52 Å². The van der Waals surface area contributed by atoms with Gasteiger partial charge in [-0.25, -0.2) is 4.79 Å². The Morgan fingerprint density at radius 2 is 2.35 bits per heavy atom. The molecule has 0 radical (unpaired) electrons. The summed E-state index contributed by atoms with van der Waals surface area (Å²) in [6.07, 6.45) is 0.180. The summed E-state index contributed by atoms with van der Waals surface area (Å²) in [5, 5.41) is 10.3. The Morgan fingerprint density at radius 3 is 3.10 bits per heavy atom. The van der Waals surface area contributed by atoms with Gasteiger partial charge in [-0.1, -0.05) is 6.07 Å². The van der Waals surface area contributed by atoms with Crippen molar-refractivity contribution in [2.24, 2.45) is 7.05 Å². The lowest BCUT2D eigenvalue weighted by molar-refractivity contribution is 0.150. The van der Waals surface area contributed by atoms with E-state index in [1.54, 1.807) is 13.1 Å². The number of rotatable bonds is 4. The molecule has 2 aromatic rings. The van der Waals surface area contributed by atoms with Crippen molar-refractivity contribution >= 4 is 22.9 Å². The van der Waals surface area contributed by atoms with Crippen molar-refractivity contribution in [3.63, 3.8) is 0 Å². The zero-order valence-corrected chi connectivity index (χ0v) is 12.2. The minimum absolute atomic E-state index is 0.374. The maximum atomic E-state index is 11.4. The van der Waals surface area contributed by atoms with Gasteiger partial charge in [-0.3, -0.25) is 9.47 Å². The summed E-state index contributed by atoms with van der Waals surface area (Å²) < 4.78 is 6.62. The van der Waals surface area contributed by atoms with Gasteiger partial charge in [-0.2, -0.15) is 0 Å². The van der Waals surface area contributed by atoms with E-state index >= 15 is 0 Å². The van der Waals surface area contributed by atoms with Gasteiger partial charge >= 0.3 is 5.76 Å². The van der Waals surface area contributed by atoms with Crippen LogP contribution in [0, 0.1) is 0 Å². The first-order valence-corrected chi connectivity index (χ1v) is 7.88. The number of oxazole rings is 1. The lowest BCUT2D eigenvalue weighted by Crippen LogP contribution is -2.22. The monoisotopic (exact) mass is 294 g/mol. The first kappa shape index (κ1) is 13.7. The summed E-state index contributed by atoms with van der Waals surface area (Å²) in [7, 11) is 1.68. The lowest BCUT2D eigenvalue weighted by Gasteiger charge is -2.17. The van der Waals surface area contributed by atoms with Crippen LogP contribution in [0.4, 0.5) is 0 Å². The molecule has 1 aromatic heterocycles.